The van der Waals surface area contributed by atoms with Crippen molar-refractivity contribution in [3.05, 3.63) is 0 Å². The van der Waals surface area contributed by atoms with Crippen LogP contribution in [0.5, 0.6) is 0 Å². The Balaban J connectivity index is -0.000000139. The zero-order valence-electron chi connectivity index (χ0n) is 25.2. The molecule has 9 aliphatic heterocycles. The second-order valence-corrected chi connectivity index (χ2v) is 9.84. The molecule has 2 aromatic heterocycles. The standard InChI is InChI=1S/3C6H12N2.2CH2N5.8H2O/c3*1-2-8-5-3-7(1)4-6-8;2*2-1-3-5-6-4-1;;;;;;;;/h3*1-6H2;2*(H2-,2,3,4,5,6);8*1H2/q;;;2*-1;;;;;;;;/p+2. The van der Waals surface area contributed by atoms with Gasteiger partial charge < -0.3 is 65.1 Å². The van der Waals surface area contributed by atoms with Gasteiger partial charge in [-0.05, 0) is 0 Å². The number of nitrogen functional groups attached to an aromatic ring is 2. The van der Waals surface area contributed by atoms with Crippen LogP contribution >= 0.6 is 0 Å². The predicted octanol–water partition coefficient (Wildman–Crippen LogP) is -13.8. The SMILES string of the molecule is C1CN2CCN1CC2.C1C[NH+]2CCN1CC2.C1C[NH+]2CCN1CC2.Nc1nnn[n-]1.Nc1nnn[n-]1.O.O.O.O.O.O.O.O. The number of nitrogens with two attached hydrogens (primary N) is 2. The van der Waals surface area contributed by atoms with Gasteiger partial charge >= 0.3 is 0 Å². The highest BCUT2D eigenvalue weighted by Gasteiger charge is 2.26. The molecule has 9 saturated heterocycles. The summed E-state index contributed by atoms with van der Waals surface area (Å²) in [4.78, 5) is 13.9. The largest absolute Gasteiger partial charge is 0.430 e. The molecule has 44 heavy (non-hydrogen) atoms. The molecule has 24 nitrogen and oxygen atoms in total. The predicted molar refractivity (Wildman–Crippen MR) is 161 cm³/mol. The van der Waals surface area contributed by atoms with Crippen molar-refractivity contribution in [3.8, 4) is 0 Å². The van der Waals surface area contributed by atoms with E-state index in [2.05, 4.69) is 60.8 Å². The van der Waals surface area contributed by atoms with Crippen LogP contribution in [0.1, 0.15) is 0 Å². The molecule has 6 bridgehead atoms. The van der Waals surface area contributed by atoms with Crippen molar-refractivity contribution in [2.45, 2.75) is 0 Å². The minimum atomic E-state index is 0. The van der Waals surface area contributed by atoms with Crippen LogP contribution in [-0.2, 0) is 0 Å². The Bertz CT molecular complexity index is 664. The maximum Gasteiger partial charge on any atom is 0.0924 e. The highest BCUT2D eigenvalue weighted by Crippen LogP contribution is 2.06. The van der Waals surface area contributed by atoms with Crippen molar-refractivity contribution in [2.24, 2.45) is 0 Å². The van der Waals surface area contributed by atoms with Crippen molar-refractivity contribution < 1.29 is 53.6 Å². The van der Waals surface area contributed by atoms with Crippen LogP contribution in [0.2, 0.25) is 0 Å². The maximum atomic E-state index is 4.93. The summed E-state index contributed by atoms with van der Waals surface area (Å²) in [6, 6.07) is 0. The van der Waals surface area contributed by atoms with E-state index in [-0.39, 0.29) is 55.7 Å². The molecule has 266 valence electrons. The van der Waals surface area contributed by atoms with Gasteiger partial charge in [-0.3, -0.25) is 29.8 Å². The number of fused-ring (bicyclic) bond motifs is 9. The summed E-state index contributed by atoms with van der Waals surface area (Å²) in [7, 11) is 0. The number of hydrogen-bond donors (Lipinski definition) is 4. The molecule has 11 rings (SSSR count). The van der Waals surface area contributed by atoms with Gasteiger partial charge in [0.25, 0.3) is 0 Å². The number of hydrogen-bond acceptors (Lipinski definition) is 12. The van der Waals surface area contributed by atoms with E-state index in [0.717, 1.165) is 0 Å². The van der Waals surface area contributed by atoms with Gasteiger partial charge in [-0.25, -0.2) is 10.2 Å². The monoisotopic (exact) mass is 650 g/mol. The highest BCUT2D eigenvalue weighted by molar-refractivity contribution is 5.05. The molecular weight excluding hydrogens is 592 g/mol. The van der Waals surface area contributed by atoms with Crippen molar-refractivity contribution in [1.82, 2.24) is 60.8 Å². The van der Waals surface area contributed by atoms with E-state index in [1.54, 1.807) is 0 Å². The molecule has 11 heterocycles. The number of piperazine rings is 9. The number of quaternary nitrogens is 2. The van der Waals surface area contributed by atoms with Crippen molar-refractivity contribution in [2.75, 3.05) is 129 Å². The number of rotatable bonds is 0. The zero-order valence-corrected chi connectivity index (χ0v) is 25.2. The Kier molecular flexibility index (Phi) is 32.0. The second-order valence-electron chi connectivity index (χ2n) is 9.84. The first-order valence-electron chi connectivity index (χ1n) is 13.1. The van der Waals surface area contributed by atoms with E-state index in [0.29, 0.717) is 0 Å². The van der Waals surface area contributed by atoms with Gasteiger partial charge in [0.2, 0.25) is 0 Å². The van der Waals surface area contributed by atoms with Crippen LogP contribution in [0.3, 0.4) is 0 Å². The van der Waals surface area contributed by atoms with Gasteiger partial charge in [-0.15, -0.1) is 10.4 Å². The number of tetrazole rings is 2. The van der Waals surface area contributed by atoms with Gasteiger partial charge in [0, 0.05) is 78.5 Å². The fraction of sp³-hybridized carbons (Fsp3) is 0.900. The third-order valence-electron chi connectivity index (χ3n) is 7.56. The number of nitrogens with one attached hydrogen (secondary N) is 2. The first-order chi connectivity index (χ1) is 17.6. The zero-order chi connectivity index (χ0) is 25.0. The molecule has 0 aromatic carbocycles. The van der Waals surface area contributed by atoms with E-state index in [9.17, 15) is 0 Å². The molecule has 0 atom stereocenters. The van der Waals surface area contributed by atoms with E-state index in [1.165, 1.54) is 118 Å². The number of nitrogens with zero attached hydrogens (tertiary/aromatic N) is 12. The molecule has 2 aromatic rings. The molecular formula is C20H58N16O8. The van der Waals surface area contributed by atoms with Crippen molar-refractivity contribution in [1.29, 1.82) is 0 Å². The van der Waals surface area contributed by atoms with Crippen LogP contribution in [0, 0.1) is 0 Å². The maximum absolute atomic E-state index is 4.93. The Labute approximate surface area is 256 Å². The van der Waals surface area contributed by atoms with E-state index in [1.807, 2.05) is 9.80 Å². The lowest BCUT2D eigenvalue weighted by atomic mass is 10.2. The van der Waals surface area contributed by atoms with Crippen LogP contribution in [-0.4, -0.2) is 212 Å². The van der Waals surface area contributed by atoms with Gasteiger partial charge in [-0.1, -0.05) is 0 Å². The quantitative estimate of drug-likeness (QED) is 0.206. The van der Waals surface area contributed by atoms with Crippen molar-refractivity contribution in [3.63, 3.8) is 0 Å². The van der Waals surface area contributed by atoms with Crippen LogP contribution in [0.25, 0.3) is 0 Å². The summed E-state index contributed by atoms with van der Waals surface area (Å²) in [5.41, 5.74) is 9.86. The summed E-state index contributed by atoms with van der Waals surface area (Å²) in [5.74, 6) is 0.241. The van der Waals surface area contributed by atoms with Gasteiger partial charge in [0.05, 0.1) is 51.2 Å². The topological polar surface area (TPSA) is 431 Å². The van der Waals surface area contributed by atoms with Gasteiger partial charge in [-0.2, -0.15) is 10.4 Å². The summed E-state index contributed by atoms with van der Waals surface area (Å²) in [6.45, 7) is 24.5. The fourth-order valence-corrected chi connectivity index (χ4v) is 5.14. The number of aromatic nitrogens is 8. The molecule has 9 fully saturated rings. The normalized spacial score (nSPS) is 26.9. The molecule has 24 heteroatoms. The average molecular weight is 651 g/mol. The van der Waals surface area contributed by atoms with Crippen molar-refractivity contribution >= 4 is 11.9 Å². The highest BCUT2D eigenvalue weighted by atomic mass is 16.0. The van der Waals surface area contributed by atoms with E-state index in [4.69, 9.17) is 11.5 Å². The van der Waals surface area contributed by atoms with Crippen LogP contribution in [0.4, 0.5) is 11.9 Å². The smallest absolute Gasteiger partial charge is 0.0924 e. The molecule has 0 radical (unpaired) electrons. The molecule has 0 spiro atoms. The molecule has 0 amide bonds. The first-order valence-corrected chi connectivity index (χ1v) is 13.1. The van der Waals surface area contributed by atoms with Gasteiger partial charge in [0.1, 0.15) is 0 Å². The minimum Gasteiger partial charge on any atom is -0.430 e. The molecule has 22 N–H and O–H groups in total. The van der Waals surface area contributed by atoms with E-state index < -0.39 is 0 Å². The van der Waals surface area contributed by atoms with Crippen LogP contribution in [0.15, 0.2) is 0 Å². The third-order valence-corrected chi connectivity index (χ3v) is 7.56. The Hall–Kier alpha value is -2.82. The number of anilines is 2. The molecule has 0 aliphatic carbocycles. The summed E-state index contributed by atoms with van der Waals surface area (Å²) in [5, 5.41) is 25.2. The molecule has 9 aliphatic rings. The Morgan fingerprint density at radius 3 is 0.705 bits per heavy atom. The molecule has 0 saturated carbocycles. The lowest BCUT2D eigenvalue weighted by Crippen LogP contribution is -3.17. The second kappa shape index (κ2) is 27.7. The van der Waals surface area contributed by atoms with Gasteiger partial charge in [0.15, 0.2) is 0 Å². The molecule has 0 unspecified atom stereocenters. The summed E-state index contributed by atoms with van der Waals surface area (Å²) < 4.78 is 0. The Morgan fingerprint density at radius 2 is 0.636 bits per heavy atom. The van der Waals surface area contributed by atoms with Crippen LogP contribution < -0.4 is 31.5 Å². The fourth-order valence-electron chi connectivity index (χ4n) is 5.14. The summed E-state index contributed by atoms with van der Waals surface area (Å²) >= 11 is 0. The third kappa shape index (κ3) is 18.1. The first kappa shape index (κ1) is 50.8. The lowest BCUT2D eigenvalue weighted by molar-refractivity contribution is -0.914. The lowest BCUT2D eigenvalue weighted by Gasteiger charge is -2.41. The summed E-state index contributed by atoms with van der Waals surface area (Å²) in [6.07, 6.45) is 0. The minimum absolute atomic E-state index is 0. The van der Waals surface area contributed by atoms with E-state index >= 15 is 0 Å². The average Bonchev–Trinajstić information content (AvgIpc) is 3.67. The Morgan fingerprint density at radius 1 is 0.409 bits per heavy atom.